The molecule has 2 heterocycles. The highest BCUT2D eigenvalue weighted by atomic mass is 16.5. The van der Waals surface area contributed by atoms with Gasteiger partial charge in [-0.15, -0.1) is 0 Å². The maximum absolute atomic E-state index is 11.0. The molecule has 0 aliphatic carbocycles. The number of rotatable bonds is 3. The molecule has 2 rings (SSSR count). The summed E-state index contributed by atoms with van der Waals surface area (Å²) >= 11 is 0. The smallest absolute Gasteiger partial charge is 0.221 e. The van der Waals surface area contributed by atoms with Gasteiger partial charge >= 0.3 is 0 Å². The quantitative estimate of drug-likeness (QED) is 0.713. The molecule has 0 bridgehead atoms. The van der Waals surface area contributed by atoms with Crippen LogP contribution in [0.3, 0.4) is 0 Å². The average molecular weight is 212 g/mol. The van der Waals surface area contributed by atoms with E-state index in [0.717, 1.165) is 25.9 Å². The van der Waals surface area contributed by atoms with Crippen LogP contribution in [-0.4, -0.2) is 36.7 Å². The minimum Gasteiger partial charge on any atom is -0.371 e. The first-order valence-corrected chi connectivity index (χ1v) is 5.73. The summed E-state index contributed by atoms with van der Waals surface area (Å²) in [5.74, 6) is 0.153. The fraction of sp³-hybridized carbons (Fsp3) is 0.909. The van der Waals surface area contributed by atoms with Gasteiger partial charge in [0.2, 0.25) is 5.91 Å². The van der Waals surface area contributed by atoms with E-state index in [1.54, 1.807) is 0 Å². The Kier molecular flexibility index (Phi) is 2.98. The number of carbonyl (C=O) groups is 1. The van der Waals surface area contributed by atoms with Crippen molar-refractivity contribution in [1.29, 1.82) is 0 Å². The first kappa shape index (κ1) is 10.9. The minimum absolute atomic E-state index is 0.0378. The van der Waals surface area contributed by atoms with E-state index < -0.39 is 0 Å². The molecule has 4 heteroatoms. The number of hydrogen-bond acceptors (Lipinski definition) is 3. The number of hydrogen-bond donors (Lipinski definition) is 2. The van der Waals surface area contributed by atoms with Crippen LogP contribution in [0.25, 0.3) is 0 Å². The Bertz CT molecular complexity index is 253. The SMILES string of the molecule is CC1(C)CCC(CNC2CNC(=O)C2)O1. The topological polar surface area (TPSA) is 50.4 Å². The summed E-state index contributed by atoms with van der Waals surface area (Å²) in [4.78, 5) is 11.0. The molecular formula is C11H20N2O2. The second-order valence-electron chi connectivity index (χ2n) is 5.15. The Morgan fingerprint density at radius 2 is 2.40 bits per heavy atom. The predicted octanol–water partition coefficient (Wildman–Crippen LogP) is 0.422. The van der Waals surface area contributed by atoms with Crippen LogP contribution in [0.4, 0.5) is 0 Å². The van der Waals surface area contributed by atoms with Crippen LogP contribution >= 0.6 is 0 Å². The normalized spacial score (nSPS) is 34.4. The van der Waals surface area contributed by atoms with E-state index in [2.05, 4.69) is 24.5 Å². The first-order chi connectivity index (χ1) is 7.05. The van der Waals surface area contributed by atoms with Crippen molar-refractivity contribution in [3.05, 3.63) is 0 Å². The molecule has 2 saturated heterocycles. The van der Waals surface area contributed by atoms with Gasteiger partial charge in [0.25, 0.3) is 0 Å². The number of ether oxygens (including phenoxy) is 1. The van der Waals surface area contributed by atoms with Gasteiger partial charge < -0.3 is 15.4 Å². The molecule has 4 nitrogen and oxygen atoms in total. The Hall–Kier alpha value is -0.610. The van der Waals surface area contributed by atoms with Crippen LogP contribution in [0, 0.1) is 0 Å². The zero-order chi connectivity index (χ0) is 10.9. The van der Waals surface area contributed by atoms with Gasteiger partial charge in [0.15, 0.2) is 0 Å². The van der Waals surface area contributed by atoms with Gasteiger partial charge in [-0.2, -0.15) is 0 Å². The fourth-order valence-corrected chi connectivity index (χ4v) is 2.27. The molecule has 0 radical (unpaired) electrons. The highest BCUT2D eigenvalue weighted by molar-refractivity contribution is 5.78. The molecule has 86 valence electrons. The molecule has 2 N–H and O–H groups in total. The Labute approximate surface area is 90.8 Å². The van der Waals surface area contributed by atoms with Crippen LogP contribution < -0.4 is 10.6 Å². The molecule has 1 amide bonds. The van der Waals surface area contributed by atoms with Crippen molar-refractivity contribution in [2.24, 2.45) is 0 Å². The number of amides is 1. The number of nitrogens with one attached hydrogen (secondary N) is 2. The lowest BCUT2D eigenvalue weighted by molar-refractivity contribution is -0.119. The Morgan fingerprint density at radius 1 is 1.60 bits per heavy atom. The molecular weight excluding hydrogens is 192 g/mol. The molecule has 2 atom stereocenters. The lowest BCUT2D eigenvalue weighted by Gasteiger charge is -2.20. The second-order valence-corrected chi connectivity index (χ2v) is 5.15. The number of carbonyl (C=O) groups excluding carboxylic acids is 1. The van der Waals surface area contributed by atoms with Crippen LogP contribution in [0.2, 0.25) is 0 Å². The Morgan fingerprint density at radius 3 is 2.93 bits per heavy atom. The highest BCUT2D eigenvalue weighted by Gasteiger charge is 2.32. The fourth-order valence-electron chi connectivity index (χ4n) is 2.27. The van der Waals surface area contributed by atoms with Gasteiger partial charge in [-0.1, -0.05) is 0 Å². The van der Waals surface area contributed by atoms with E-state index in [0.29, 0.717) is 18.6 Å². The van der Waals surface area contributed by atoms with Crippen LogP contribution in [-0.2, 0) is 9.53 Å². The van der Waals surface area contributed by atoms with Gasteiger partial charge in [-0.25, -0.2) is 0 Å². The summed E-state index contributed by atoms with van der Waals surface area (Å²) in [5, 5.41) is 6.20. The van der Waals surface area contributed by atoms with Crippen molar-refractivity contribution in [1.82, 2.24) is 10.6 Å². The molecule has 0 spiro atoms. The van der Waals surface area contributed by atoms with Crippen molar-refractivity contribution in [2.75, 3.05) is 13.1 Å². The van der Waals surface area contributed by atoms with E-state index >= 15 is 0 Å². The molecule has 2 aliphatic rings. The van der Waals surface area contributed by atoms with E-state index in [-0.39, 0.29) is 11.5 Å². The molecule has 0 aromatic carbocycles. The summed E-state index contributed by atoms with van der Waals surface area (Å²) < 4.78 is 5.87. The third-order valence-corrected chi connectivity index (χ3v) is 3.17. The molecule has 0 saturated carbocycles. The molecule has 2 fully saturated rings. The molecule has 2 aliphatic heterocycles. The summed E-state index contributed by atoms with van der Waals surface area (Å²) in [6, 6.07) is 0.296. The second kappa shape index (κ2) is 4.10. The van der Waals surface area contributed by atoms with E-state index in [1.807, 2.05) is 0 Å². The van der Waals surface area contributed by atoms with Crippen molar-refractivity contribution < 1.29 is 9.53 Å². The van der Waals surface area contributed by atoms with Gasteiger partial charge in [0, 0.05) is 25.6 Å². The van der Waals surface area contributed by atoms with Crippen LogP contribution in [0.1, 0.15) is 33.1 Å². The van der Waals surface area contributed by atoms with Crippen molar-refractivity contribution >= 4 is 5.91 Å². The molecule has 2 unspecified atom stereocenters. The van der Waals surface area contributed by atoms with Gasteiger partial charge in [0.05, 0.1) is 11.7 Å². The monoisotopic (exact) mass is 212 g/mol. The average Bonchev–Trinajstić information content (AvgIpc) is 2.69. The minimum atomic E-state index is 0.0378. The summed E-state index contributed by atoms with van der Waals surface area (Å²) in [6.45, 7) is 5.89. The summed E-state index contributed by atoms with van der Waals surface area (Å²) in [7, 11) is 0. The third kappa shape index (κ3) is 2.92. The largest absolute Gasteiger partial charge is 0.371 e. The zero-order valence-electron chi connectivity index (χ0n) is 9.51. The van der Waals surface area contributed by atoms with Gasteiger partial charge in [0.1, 0.15) is 0 Å². The molecule has 0 aromatic rings. The van der Waals surface area contributed by atoms with E-state index in [1.165, 1.54) is 0 Å². The van der Waals surface area contributed by atoms with Crippen LogP contribution in [0.5, 0.6) is 0 Å². The van der Waals surface area contributed by atoms with Crippen molar-refractivity contribution in [3.63, 3.8) is 0 Å². The van der Waals surface area contributed by atoms with Crippen molar-refractivity contribution in [2.45, 2.75) is 50.9 Å². The summed E-state index contributed by atoms with van der Waals surface area (Å²) in [6.07, 6.45) is 3.17. The van der Waals surface area contributed by atoms with Gasteiger partial charge in [-0.05, 0) is 26.7 Å². The molecule has 15 heavy (non-hydrogen) atoms. The van der Waals surface area contributed by atoms with Crippen LogP contribution in [0.15, 0.2) is 0 Å². The molecule has 0 aromatic heterocycles. The zero-order valence-corrected chi connectivity index (χ0v) is 9.51. The predicted molar refractivity (Wildman–Crippen MR) is 57.6 cm³/mol. The van der Waals surface area contributed by atoms with Crippen molar-refractivity contribution in [3.8, 4) is 0 Å². The Balaban J connectivity index is 1.68. The lowest BCUT2D eigenvalue weighted by atomic mass is 10.1. The highest BCUT2D eigenvalue weighted by Crippen LogP contribution is 2.28. The van der Waals surface area contributed by atoms with E-state index in [9.17, 15) is 4.79 Å². The third-order valence-electron chi connectivity index (χ3n) is 3.17. The van der Waals surface area contributed by atoms with E-state index in [4.69, 9.17) is 4.74 Å². The summed E-state index contributed by atoms with van der Waals surface area (Å²) in [5.41, 5.74) is 0.0378. The lowest BCUT2D eigenvalue weighted by Crippen LogP contribution is -2.37. The van der Waals surface area contributed by atoms with Gasteiger partial charge in [-0.3, -0.25) is 4.79 Å². The first-order valence-electron chi connectivity index (χ1n) is 5.73. The maximum Gasteiger partial charge on any atom is 0.221 e. The standard InChI is InChI=1S/C11H20N2O2/c1-11(2)4-3-9(15-11)7-12-8-5-10(14)13-6-8/h8-9,12H,3-7H2,1-2H3,(H,13,14). The maximum atomic E-state index is 11.0.